The van der Waals surface area contributed by atoms with Crippen molar-refractivity contribution in [2.45, 2.75) is 63.9 Å². The van der Waals surface area contributed by atoms with E-state index in [1.807, 2.05) is 0 Å². The van der Waals surface area contributed by atoms with Gasteiger partial charge in [-0.1, -0.05) is 19.8 Å². The van der Waals surface area contributed by atoms with E-state index in [1.54, 1.807) is 0 Å². The van der Waals surface area contributed by atoms with Gasteiger partial charge >= 0.3 is 18.3 Å². The summed E-state index contributed by atoms with van der Waals surface area (Å²) < 4.78 is 98.2. The minimum atomic E-state index is -5.88. The summed E-state index contributed by atoms with van der Waals surface area (Å²) >= 11 is 0. The lowest BCUT2D eigenvalue weighted by Crippen LogP contribution is -2.45. The molecular formula is C19H21F7O3. The van der Waals surface area contributed by atoms with Gasteiger partial charge in [0.05, 0.1) is 5.92 Å². The van der Waals surface area contributed by atoms with E-state index in [4.69, 9.17) is 4.74 Å². The van der Waals surface area contributed by atoms with Crippen molar-refractivity contribution >= 4 is 5.97 Å². The molecule has 0 spiro atoms. The number of halogens is 7. The van der Waals surface area contributed by atoms with Gasteiger partial charge in [-0.3, -0.25) is 4.79 Å². The van der Waals surface area contributed by atoms with Gasteiger partial charge in [-0.25, -0.2) is 8.78 Å². The number of carbonyl (C=O) groups is 1. The van der Waals surface area contributed by atoms with Gasteiger partial charge < -0.3 is 9.47 Å². The van der Waals surface area contributed by atoms with Crippen molar-refractivity contribution in [3.05, 3.63) is 24.0 Å². The monoisotopic (exact) mass is 430 g/mol. The second kappa shape index (κ2) is 9.21. The number of ether oxygens (including phenoxy) is 2. The molecule has 1 aliphatic rings. The first-order valence-electron chi connectivity index (χ1n) is 9.23. The standard InChI is InChI=1S/C19H21F7O3/c1-2-3-11-4-6-12(7-5-11)16(27)28-13-8-9-15(14(20)10-13)29-19(25,26)17(21)18(22,23)24/h8-12,17H,2-7H2,1H3. The topological polar surface area (TPSA) is 35.5 Å². The largest absolute Gasteiger partial charge is 0.439 e. The van der Waals surface area contributed by atoms with Crippen LogP contribution in [-0.4, -0.2) is 24.4 Å². The van der Waals surface area contributed by atoms with Crippen LogP contribution in [0.5, 0.6) is 11.5 Å². The molecule has 0 amide bonds. The van der Waals surface area contributed by atoms with Crippen LogP contribution in [0.4, 0.5) is 30.7 Å². The third kappa shape index (κ3) is 6.24. The molecule has 0 aromatic heterocycles. The summed E-state index contributed by atoms with van der Waals surface area (Å²) in [7, 11) is 0. The minimum Gasteiger partial charge on any atom is -0.427 e. The molecule has 0 aliphatic heterocycles. The summed E-state index contributed by atoms with van der Waals surface area (Å²) in [5.74, 6) is -3.55. The highest BCUT2D eigenvalue weighted by Crippen LogP contribution is 2.38. The highest BCUT2D eigenvalue weighted by molar-refractivity contribution is 5.75. The van der Waals surface area contributed by atoms with Gasteiger partial charge in [-0.2, -0.15) is 22.0 Å². The number of esters is 1. The lowest BCUT2D eigenvalue weighted by atomic mass is 9.80. The summed E-state index contributed by atoms with van der Waals surface area (Å²) in [6.45, 7) is 2.08. The molecule has 1 fully saturated rings. The first-order chi connectivity index (χ1) is 13.4. The predicted octanol–water partition coefficient (Wildman–Crippen LogP) is 6.21. The van der Waals surface area contributed by atoms with E-state index >= 15 is 0 Å². The fourth-order valence-electron chi connectivity index (χ4n) is 3.31. The van der Waals surface area contributed by atoms with Crippen LogP contribution in [0.15, 0.2) is 18.2 Å². The molecule has 0 saturated heterocycles. The van der Waals surface area contributed by atoms with Crippen molar-refractivity contribution in [3.8, 4) is 11.5 Å². The van der Waals surface area contributed by atoms with Gasteiger partial charge in [0.25, 0.3) is 6.17 Å². The SMILES string of the molecule is CCCC1CCC(C(=O)Oc2ccc(OC(F)(F)C(F)C(F)(F)F)c(F)c2)CC1. The Morgan fingerprint density at radius 1 is 1.14 bits per heavy atom. The molecule has 1 aromatic rings. The first kappa shape index (κ1) is 23.3. The zero-order valence-corrected chi connectivity index (χ0v) is 15.6. The van der Waals surface area contributed by atoms with Gasteiger partial charge in [0.1, 0.15) is 5.75 Å². The number of hydrogen-bond acceptors (Lipinski definition) is 3. The van der Waals surface area contributed by atoms with E-state index in [0.29, 0.717) is 30.9 Å². The Bertz CT molecular complexity index is 698. The summed E-state index contributed by atoms with van der Waals surface area (Å²) in [5.41, 5.74) is 0. The van der Waals surface area contributed by atoms with Crippen LogP contribution in [0.3, 0.4) is 0 Å². The van der Waals surface area contributed by atoms with Crippen LogP contribution in [0.2, 0.25) is 0 Å². The maximum Gasteiger partial charge on any atom is 0.439 e. The fourth-order valence-corrected chi connectivity index (χ4v) is 3.31. The van der Waals surface area contributed by atoms with Crippen molar-refractivity contribution in [2.24, 2.45) is 11.8 Å². The van der Waals surface area contributed by atoms with Crippen molar-refractivity contribution in [2.75, 3.05) is 0 Å². The predicted molar refractivity (Wildman–Crippen MR) is 88.9 cm³/mol. The Morgan fingerprint density at radius 2 is 1.76 bits per heavy atom. The lowest BCUT2D eigenvalue weighted by Gasteiger charge is -2.27. The molecule has 10 heteroatoms. The van der Waals surface area contributed by atoms with Gasteiger partial charge in [0, 0.05) is 6.07 Å². The average molecular weight is 430 g/mol. The molecule has 0 N–H and O–H groups in total. The number of rotatable bonds is 7. The summed E-state index contributed by atoms with van der Waals surface area (Å²) in [6.07, 6.45) is -10.7. The average Bonchev–Trinajstić information content (AvgIpc) is 2.63. The Balaban J connectivity index is 1.98. The van der Waals surface area contributed by atoms with Gasteiger partial charge in [0.15, 0.2) is 11.6 Å². The Kier molecular flexibility index (Phi) is 7.40. The van der Waals surface area contributed by atoms with Crippen molar-refractivity contribution in [1.29, 1.82) is 0 Å². The quantitative estimate of drug-likeness (QED) is 0.293. The third-order valence-electron chi connectivity index (χ3n) is 4.83. The third-order valence-corrected chi connectivity index (χ3v) is 4.83. The highest BCUT2D eigenvalue weighted by Gasteiger charge is 2.59. The molecule has 1 unspecified atom stereocenters. The molecule has 0 bridgehead atoms. The molecule has 1 saturated carbocycles. The van der Waals surface area contributed by atoms with Crippen LogP contribution in [0, 0.1) is 17.7 Å². The van der Waals surface area contributed by atoms with E-state index in [1.165, 1.54) is 0 Å². The van der Waals surface area contributed by atoms with E-state index in [0.717, 1.165) is 31.7 Å². The Hall–Kier alpha value is -2.00. The number of hydrogen-bond donors (Lipinski definition) is 0. The highest BCUT2D eigenvalue weighted by atomic mass is 19.4. The summed E-state index contributed by atoms with van der Waals surface area (Å²) in [4.78, 5) is 12.2. The van der Waals surface area contributed by atoms with Gasteiger partial charge in [-0.05, 0) is 43.7 Å². The molecule has 1 aromatic carbocycles. The molecule has 1 aliphatic carbocycles. The van der Waals surface area contributed by atoms with Crippen molar-refractivity contribution in [3.63, 3.8) is 0 Å². The van der Waals surface area contributed by atoms with E-state index in [2.05, 4.69) is 11.7 Å². The molecule has 164 valence electrons. The van der Waals surface area contributed by atoms with Gasteiger partial charge in [0.2, 0.25) is 0 Å². The Labute approximate surface area is 163 Å². The van der Waals surface area contributed by atoms with Crippen LogP contribution < -0.4 is 9.47 Å². The normalized spacial score (nSPS) is 21.5. The zero-order chi connectivity index (χ0) is 21.8. The maximum absolute atomic E-state index is 13.9. The summed E-state index contributed by atoms with van der Waals surface area (Å²) in [6, 6.07) is 1.95. The van der Waals surface area contributed by atoms with E-state index in [-0.39, 0.29) is 11.7 Å². The molecule has 29 heavy (non-hydrogen) atoms. The maximum atomic E-state index is 13.9. The smallest absolute Gasteiger partial charge is 0.427 e. The first-order valence-corrected chi connectivity index (χ1v) is 9.23. The zero-order valence-electron chi connectivity index (χ0n) is 15.6. The second-order valence-electron chi connectivity index (χ2n) is 7.09. The van der Waals surface area contributed by atoms with Crippen LogP contribution >= 0.6 is 0 Å². The van der Waals surface area contributed by atoms with Crippen LogP contribution in [-0.2, 0) is 4.79 Å². The number of benzene rings is 1. The molecule has 3 nitrogen and oxygen atoms in total. The van der Waals surface area contributed by atoms with Gasteiger partial charge in [-0.15, -0.1) is 0 Å². The molecule has 1 atom stereocenters. The number of alkyl halides is 6. The lowest BCUT2D eigenvalue weighted by molar-refractivity contribution is -0.305. The minimum absolute atomic E-state index is 0.313. The second-order valence-corrected chi connectivity index (χ2v) is 7.09. The molecule has 2 rings (SSSR count). The van der Waals surface area contributed by atoms with Crippen LogP contribution in [0.25, 0.3) is 0 Å². The van der Waals surface area contributed by atoms with E-state index in [9.17, 15) is 35.5 Å². The van der Waals surface area contributed by atoms with Crippen molar-refractivity contribution in [1.82, 2.24) is 0 Å². The molecule has 0 radical (unpaired) electrons. The molecule has 0 heterocycles. The fraction of sp³-hybridized carbons (Fsp3) is 0.632. The van der Waals surface area contributed by atoms with Crippen LogP contribution in [0.1, 0.15) is 45.4 Å². The number of carbonyl (C=O) groups excluding carboxylic acids is 1. The molecular weight excluding hydrogens is 409 g/mol. The Morgan fingerprint density at radius 3 is 2.28 bits per heavy atom. The van der Waals surface area contributed by atoms with E-state index < -0.39 is 36.0 Å². The summed E-state index contributed by atoms with van der Waals surface area (Å²) in [5, 5.41) is 0. The van der Waals surface area contributed by atoms with Crippen molar-refractivity contribution < 1.29 is 45.0 Å².